The van der Waals surface area contributed by atoms with Gasteiger partial charge in [-0.15, -0.1) is 0 Å². The molecule has 0 aliphatic carbocycles. The number of fused-ring (bicyclic) bond motifs is 2. The zero-order valence-electron chi connectivity index (χ0n) is 15.1. The van der Waals surface area contributed by atoms with Crippen molar-refractivity contribution < 1.29 is 4.79 Å². The monoisotopic (exact) mass is 369 g/mol. The molecule has 1 aromatic heterocycles. The van der Waals surface area contributed by atoms with Crippen LogP contribution in [0.1, 0.15) is 49.0 Å². The zero-order valence-corrected chi connectivity index (χ0v) is 16.0. The first-order chi connectivity index (χ1) is 12.5. The van der Waals surface area contributed by atoms with Crippen LogP contribution in [0.25, 0.3) is 0 Å². The van der Waals surface area contributed by atoms with Gasteiger partial charge in [-0.25, -0.2) is 4.98 Å². The van der Waals surface area contributed by atoms with Crippen molar-refractivity contribution in [3.63, 3.8) is 0 Å². The minimum absolute atomic E-state index is 0.0366. The third kappa shape index (κ3) is 3.18. The number of rotatable bonds is 3. The van der Waals surface area contributed by atoms with Crippen LogP contribution in [0.2, 0.25) is 0 Å². The maximum atomic E-state index is 12.8. The van der Waals surface area contributed by atoms with Gasteiger partial charge in [0.25, 0.3) is 5.56 Å². The molecule has 0 saturated carbocycles. The molecular weight excluding hydrogens is 346 g/mol. The van der Waals surface area contributed by atoms with Crippen molar-refractivity contribution in [3.05, 3.63) is 57.5 Å². The van der Waals surface area contributed by atoms with E-state index in [0.717, 1.165) is 29.6 Å². The van der Waals surface area contributed by atoms with E-state index in [2.05, 4.69) is 17.1 Å². The maximum Gasteiger partial charge on any atom is 0.254 e. The molecule has 0 spiro atoms. The zero-order chi connectivity index (χ0) is 18.3. The Hall–Kier alpha value is -2.08. The molecule has 0 radical (unpaired) electrons. The summed E-state index contributed by atoms with van der Waals surface area (Å²) in [6.07, 6.45) is 1.27. The van der Waals surface area contributed by atoms with Gasteiger partial charge in [0.05, 0.1) is 11.7 Å². The van der Waals surface area contributed by atoms with Crippen LogP contribution in [0.4, 0.5) is 0 Å². The first kappa shape index (κ1) is 17.3. The minimum Gasteiger partial charge on any atom is -0.338 e. The van der Waals surface area contributed by atoms with Gasteiger partial charge in [-0.2, -0.15) is 0 Å². The number of thioether (sulfide) groups is 1. The van der Waals surface area contributed by atoms with Crippen LogP contribution in [0.3, 0.4) is 0 Å². The normalized spacial score (nSPS) is 18.7. The average Bonchev–Trinajstić information content (AvgIpc) is 3.04. The number of amides is 1. The molecule has 6 heteroatoms. The Labute approximate surface area is 157 Å². The van der Waals surface area contributed by atoms with E-state index in [1.165, 1.54) is 11.1 Å². The predicted octanol–water partition coefficient (Wildman–Crippen LogP) is 2.99. The summed E-state index contributed by atoms with van der Waals surface area (Å²) in [4.78, 5) is 31.9. The van der Waals surface area contributed by atoms with Gasteiger partial charge in [0.2, 0.25) is 5.91 Å². The van der Waals surface area contributed by atoms with Gasteiger partial charge < -0.3 is 4.90 Å². The van der Waals surface area contributed by atoms with Crippen LogP contribution < -0.4 is 5.56 Å². The molecule has 1 atom stereocenters. The highest BCUT2D eigenvalue weighted by atomic mass is 32.2. The average molecular weight is 369 g/mol. The molecule has 1 aromatic carbocycles. The summed E-state index contributed by atoms with van der Waals surface area (Å²) >= 11 is 1.58. The number of aromatic nitrogens is 2. The van der Waals surface area contributed by atoms with E-state index in [0.29, 0.717) is 13.0 Å². The molecule has 0 fully saturated rings. The Morgan fingerprint density at radius 1 is 1.31 bits per heavy atom. The fourth-order valence-electron chi connectivity index (χ4n) is 3.66. The molecule has 136 valence electrons. The van der Waals surface area contributed by atoms with Gasteiger partial charge in [0.15, 0.2) is 5.16 Å². The lowest BCUT2D eigenvalue weighted by molar-refractivity contribution is -0.132. The second kappa shape index (κ2) is 6.91. The van der Waals surface area contributed by atoms with E-state index in [1.54, 1.807) is 22.4 Å². The van der Waals surface area contributed by atoms with E-state index >= 15 is 0 Å². The Kier molecular flexibility index (Phi) is 4.61. The Morgan fingerprint density at radius 2 is 2.08 bits per heavy atom. The molecule has 1 unspecified atom stereocenters. The van der Waals surface area contributed by atoms with E-state index in [1.807, 2.05) is 30.9 Å². The van der Waals surface area contributed by atoms with E-state index < -0.39 is 0 Å². The molecule has 0 N–H and O–H groups in total. The lowest BCUT2D eigenvalue weighted by Gasteiger charge is -2.29. The lowest BCUT2D eigenvalue weighted by Crippen LogP contribution is -2.38. The SMILES string of the molecule is CC(C)c1cc(=O)n2c(n1)SCC2CC(=O)N1CCc2ccccc2C1. The number of nitrogens with zero attached hydrogens (tertiary/aromatic N) is 3. The molecule has 1 amide bonds. The summed E-state index contributed by atoms with van der Waals surface area (Å²) < 4.78 is 1.71. The summed E-state index contributed by atoms with van der Waals surface area (Å²) in [5, 5.41) is 0.753. The van der Waals surface area contributed by atoms with Crippen LogP contribution in [0, 0.1) is 0 Å². The predicted molar refractivity (Wildman–Crippen MR) is 103 cm³/mol. The van der Waals surface area contributed by atoms with Gasteiger partial charge in [-0.1, -0.05) is 49.9 Å². The number of hydrogen-bond donors (Lipinski definition) is 0. The Balaban J connectivity index is 1.50. The number of carbonyl (C=O) groups is 1. The summed E-state index contributed by atoms with van der Waals surface area (Å²) in [5.41, 5.74) is 3.35. The van der Waals surface area contributed by atoms with Crippen LogP contribution in [0.5, 0.6) is 0 Å². The summed E-state index contributed by atoms with van der Waals surface area (Å²) in [6, 6.07) is 9.83. The molecule has 2 aliphatic rings. The molecule has 3 heterocycles. The molecule has 0 bridgehead atoms. The third-order valence-corrected chi connectivity index (χ3v) is 6.29. The molecule has 26 heavy (non-hydrogen) atoms. The highest BCUT2D eigenvalue weighted by Gasteiger charge is 2.30. The molecule has 5 nitrogen and oxygen atoms in total. The van der Waals surface area contributed by atoms with Crippen LogP contribution in [-0.4, -0.2) is 32.7 Å². The first-order valence-corrected chi connectivity index (χ1v) is 10.1. The van der Waals surface area contributed by atoms with Crippen molar-refractivity contribution in [1.29, 1.82) is 0 Å². The highest BCUT2D eigenvalue weighted by molar-refractivity contribution is 7.99. The van der Waals surface area contributed by atoms with Gasteiger partial charge in [-0.3, -0.25) is 14.2 Å². The molecule has 2 aliphatic heterocycles. The highest BCUT2D eigenvalue weighted by Crippen LogP contribution is 2.33. The maximum absolute atomic E-state index is 12.8. The molecule has 2 aromatic rings. The smallest absolute Gasteiger partial charge is 0.254 e. The van der Waals surface area contributed by atoms with E-state index in [9.17, 15) is 9.59 Å². The largest absolute Gasteiger partial charge is 0.338 e. The second-order valence-electron chi connectivity index (χ2n) is 7.33. The molecular formula is C20H23N3O2S. The fraction of sp³-hybridized carbons (Fsp3) is 0.450. The minimum atomic E-state index is -0.0964. The third-order valence-electron chi connectivity index (χ3n) is 5.19. The van der Waals surface area contributed by atoms with Gasteiger partial charge in [0, 0.05) is 31.3 Å². The number of benzene rings is 1. The molecule has 0 saturated heterocycles. The Morgan fingerprint density at radius 3 is 2.85 bits per heavy atom. The Bertz CT molecular complexity index is 906. The first-order valence-electron chi connectivity index (χ1n) is 9.13. The van der Waals surface area contributed by atoms with Crippen molar-refractivity contribution >= 4 is 17.7 Å². The van der Waals surface area contributed by atoms with Crippen molar-refractivity contribution in [2.45, 2.75) is 50.4 Å². The number of carbonyl (C=O) groups excluding carboxylic acids is 1. The lowest BCUT2D eigenvalue weighted by atomic mass is 9.99. The van der Waals surface area contributed by atoms with Gasteiger partial charge in [-0.05, 0) is 23.5 Å². The standard InChI is InChI=1S/C20H23N3O2S/c1-13(2)17-10-19(25)23-16(12-26-20(23)21-17)9-18(24)22-8-7-14-5-3-4-6-15(14)11-22/h3-6,10,13,16H,7-9,11-12H2,1-2H3. The van der Waals surface area contributed by atoms with Gasteiger partial charge in [0.1, 0.15) is 0 Å². The quantitative estimate of drug-likeness (QED) is 0.781. The van der Waals surface area contributed by atoms with Crippen LogP contribution in [-0.2, 0) is 17.8 Å². The summed E-state index contributed by atoms with van der Waals surface area (Å²) in [7, 11) is 0. The fourth-order valence-corrected chi connectivity index (χ4v) is 4.81. The van der Waals surface area contributed by atoms with E-state index in [4.69, 9.17) is 0 Å². The van der Waals surface area contributed by atoms with E-state index in [-0.39, 0.29) is 23.4 Å². The number of hydrogen-bond acceptors (Lipinski definition) is 4. The van der Waals surface area contributed by atoms with Crippen LogP contribution in [0.15, 0.2) is 40.3 Å². The van der Waals surface area contributed by atoms with Crippen LogP contribution >= 0.6 is 11.8 Å². The van der Waals surface area contributed by atoms with Crippen molar-refractivity contribution in [2.24, 2.45) is 0 Å². The van der Waals surface area contributed by atoms with Crippen molar-refractivity contribution in [3.8, 4) is 0 Å². The van der Waals surface area contributed by atoms with Crippen molar-refractivity contribution in [1.82, 2.24) is 14.5 Å². The van der Waals surface area contributed by atoms with Crippen molar-refractivity contribution in [2.75, 3.05) is 12.3 Å². The summed E-state index contributed by atoms with van der Waals surface area (Å²) in [5.74, 6) is 1.08. The van der Waals surface area contributed by atoms with Gasteiger partial charge >= 0.3 is 0 Å². The summed E-state index contributed by atoms with van der Waals surface area (Å²) in [6.45, 7) is 5.49. The molecule has 4 rings (SSSR count). The second-order valence-corrected chi connectivity index (χ2v) is 8.32. The topological polar surface area (TPSA) is 55.2 Å².